The first-order valence-corrected chi connectivity index (χ1v) is 10.2. The monoisotopic (exact) mass is 431 g/mol. The smallest absolute Gasteiger partial charge is 0.269 e. The summed E-state index contributed by atoms with van der Waals surface area (Å²) < 4.78 is 17.0. The van der Waals surface area contributed by atoms with Crippen LogP contribution >= 0.6 is 0 Å². The molecule has 2 aliphatic heterocycles. The van der Waals surface area contributed by atoms with Crippen LogP contribution < -0.4 is 14.2 Å². The van der Waals surface area contributed by atoms with E-state index in [9.17, 15) is 10.1 Å². The van der Waals surface area contributed by atoms with Crippen LogP contribution in [0.15, 0.2) is 71.8 Å². The number of fused-ring (bicyclic) bond motifs is 3. The molecule has 2 heterocycles. The Bertz CT molecular complexity index is 1210. The molecule has 0 fully saturated rings. The molecule has 0 saturated carbocycles. The van der Waals surface area contributed by atoms with Gasteiger partial charge in [0.2, 0.25) is 6.23 Å². The normalized spacial score (nSPS) is 18.8. The molecule has 8 heteroatoms. The van der Waals surface area contributed by atoms with Crippen molar-refractivity contribution >= 4 is 11.4 Å². The minimum atomic E-state index is -0.587. The molecule has 0 radical (unpaired) electrons. The predicted molar refractivity (Wildman–Crippen MR) is 118 cm³/mol. The van der Waals surface area contributed by atoms with E-state index in [4.69, 9.17) is 19.3 Å². The highest BCUT2D eigenvalue weighted by atomic mass is 16.6. The lowest BCUT2D eigenvalue weighted by Crippen LogP contribution is -2.33. The zero-order chi connectivity index (χ0) is 22.2. The highest BCUT2D eigenvalue weighted by Gasteiger charge is 2.41. The van der Waals surface area contributed by atoms with Gasteiger partial charge in [-0.2, -0.15) is 5.10 Å². The van der Waals surface area contributed by atoms with E-state index < -0.39 is 11.2 Å². The first kappa shape index (κ1) is 19.9. The number of nitro groups is 1. The summed E-state index contributed by atoms with van der Waals surface area (Å²) in [6.45, 7) is 0. The Hall–Kier alpha value is -4.07. The number of rotatable bonds is 5. The maximum Gasteiger partial charge on any atom is 0.269 e. The van der Waals surface area contributed by atoms with E-state index in [2.05, 4.69) is 0 Å². The van der Waals surface area contributed by atoms with Gasteiger partial charge in [-0.25, -0.2) is 5.01 Å². The summed E-state index contributed by atoms with van der Waals surface area (Å²) in [6, 6.07) is 19.9. The number of hydrazone groups is 1. The average Bonchev–Trinajstić information content (AvgIpc) is 3.29. The number of nitrogens with zero attached hydrogens (tertiary/aromatic N) is 3. The number of benzene rings is 3. The Labute approximate surface area is 184 Å². The Kier molecular flexibility index (Phi) is 4.89. The Morgan fingerprint density at radius 1 is 1.03 bits per heavy atom. The van der Waals surface area contributed by atoms with Crippen LogP contribution in [0.3, 0.4) is 0 Å². The highest BCUT2D eigenvalue weighted by molar-refractivity contribution is 6.02. The van der Waals surface area contributed by atoms with Crippen LogP contribution in [0, 0.1) is 10.1 Å². The van der Waals surface area contributed by atoms with Crippen molar-refractivity contribution in [3.8, 4) is 17.2 Å². The molecule has 8 nitrogen and oxygen atoms in total. The second-order valence-electron chi connectivity index (χ2n) is 7.60. The lowest BCUT2D eigenvalue weighted by atomic mass is 9.95. The number of hydrogen-bond donors (Lipinski definition) is 0. The van der Waals surface area contributed by atoms with Gasteiger partial charge in [-0.05, 0) is 48.0 Å². The summed E-state index contributed by atoms with van der Waals surface area (Å²) >= 11 is 0. The van der Waals surface area contributed by atoms with Crippen LogP contribution in [-0.4, -0.2) is 29.9 Å². The van der Waals surface area contributed by atoms with Crippen LogP contribution in [0.25, 0.3) is 0 Å². The van der Waals surface area contributed by atoms with Gasteiger partial charge in [0.1, 0.15) is 17.2 Å². The standard InChI is InChI=1S/C24H21N3O5/c1-30-18-8-6-15(7-9-18)21-14-22-20-13-19(31-2)10-11-23(20)32-24(26(22)25-21)16-4-3-5-17(12-16)27(28)29/h3-13,22,24H,14H2,1-2H3/t22-,24-/m0/s1. The van der Waals surface area contributed by atoms with E-state index in [1.165, 1.54) is 12.1 Å². The van der Waals surface area contributed by atoms with Crippen molar-refractivity contribution in [3.05, 3.63) is 93.5 Å². The number of methoxy groups -OCH3 is 2. The quantitative estimate of drug-likeness (QED) is 0.424. The zero-order valence-corrected chi connectivity index (χ0v) is 17.6. The fraction of sp³-hybridized carbons (Fsp3) is 0.208. The summed E-state index contributed by atoms with van der Waals surface area (Å²) in [5.74, 6) is 2.23. The zero-order valence-electron chi connectivity index (χ0n) is 17.6. The van der Waals surface area contributed by atoms with Crippen LogP contribution in [0.2, 0.25) is 0 Å². The average molecular weight is 431 g/mol. The summed E-state index contributed by atoms with van der Waals surface area (Å²) in [6.07, 6.45) is 0.0814. The molecule has 162 valence electrons. The van der Waals surface area contributed by atoms with Gasteiger partial charge in [0.25, 0.3) is 5.69 Å². The van der Waals surface area contributed by atoms with Crippen molar-refractivity contribution in [2.75, 3.05) is 14.2 Å². The van der Waals surface area contributed by atoms with E-state index in [0.29, 0.717) is 12.0 Å². The Balaban J connectivity index is 1.58. The molecular weight excluding hydrogens is 410 g/mol. The van der Waals surface area contributed by atoms with Crippen molar-refractivity contribution in [1.29, 1.82) is 0 Å². The van der Waals surface area contributed by atoms with Crippen LogP contribution in [0.4, 0.5) is 5.69 Å². The molecule has 2 atom stereocenters. The third-order valence-corrected chi connectivity index (χ3v) is 5.79. The van der Waals surface area contributed by atoms with Gasteiger partial charge in [0, 0.05) is 29.7 Å². The van der Waals surface area contributed by atoms with Crippen molar-refractivity contribution < 1.29 is 19.1 Å². The van der Waals surface area contributed by atoms with Gasteiger partial charge in [-0.15, -0.1) is 0 Å². The minimum Gasteiger partial charge on any atom is -0.497 e. The van der Waals surface area contributed by atoms with Crippen LogP contribution in [0.1, 0.15) is 35.4 Å². The summed E-state index contributed by atoms with van der Waals surface area (Å²) in [7, 11) is 3.26. The Morgan fingerprint density at radius 2 is 1.78 bits per heavy atom. The second-order valence-corrected chi connectivity index (χ2v) is 7.60. The van der Waals surface area contributed by atoms with Crippen molar-refractivity contribution in [3.63, 3.8) is 0 Å². The number of ether oxygens (including phenoxy) is 3. The second kappa shape index (κ2) is 7.88. The van der Waals surface area contributed by atoms with Gasteiger partial charge in [0.15, 0.2) is 0 Å². The minimum absolute atomic E-state index is 0.0155. The number of nitro benzene ring substituents is 1. The number of hydrogen-bond acceptors (Lipinski definition) is 7. The van der Waals surface area contributed by atoms with Gasteiger partial charge in [0.05, 0.1) is 30.9 Å². The first-order valence-electron chi connectivity index (χ1n) is 10.2. The van der Waals surface area contributed by atoms with E-state index in [1.807, 2.05) is 53.5 Å². The number of non-ortho nitro benzene ring substituents is 1. The van der Waals surface area contributed by atoms with E-state index >= 15 is 0 Å². The lowest BCUT2D eigenvalue weighted by Gasteiger charge is -2.38. The molecule has 2 aliphatic rings. The first-order chi connectivity index (χ1) is 15.6. The van der Waals surface area contributed by atoms with Gasteiger partial charge in [-0.3, -0.25) is 10.1 Å². The van der Waals surface area contributed by atoms with Crippen LogP contribution in [-0.2, 0) is 0 Å². The molecule has 0 amide bonds. The lowest BCUT2D eigenvalue weighted by molar-refractivity contribution is -0.385. The van der Waals surface area contributed by atoms with Crippen molar-refractivity contribution in [2.45, 2.75) is 18.7 Å². The molecule has 5 rings (SSSR count). The maximum atomic E-state index is 11.3. The molecule has 0 unspecified atom stereocenters. The van der Waals surface area contributed by atoms with Gasteiger partial charge in [-0.1, -0.05) is 12.1 Å². The molecule has 0 spiro atoms. The van der Waals surface area contributed by atoms with E-state index in [-0.39, 0.29) is 11.7 Å². The molecule has 0 saturated heterocycles. The van der Waals surface area contributed by atoms with Crippen molar-refractivity contribution in [2.24, 2.45) is 5.10 Å². The SMILES string of the molecule is COc1ccc(C2=NN3[C@@H](C2)c2cc(OC)ccc2O[C@H]3c2cccc([N+](=O)[O-])c2)cc1. The van der Waals surface area contributed by atoms with E-state index in [1.54, 1.807) is 20.3 Å². The van der Waals surface area contributed by atoms with E-state index in [0.717, 1.165) is 34.1 Å². The van der Waals surface area contributed by atoms with Crippen molar-refractivity contribution in [1.82, 2.24) is 5.01 Å². The Morgan fingerprint density at radius 3 is 2.50 bits per heavy atom. The highest BCUT2D eigenvalue weighted by Crippen LogP contribution is 2.48. The summed E-state index contributed by atoms with van der Waals surface area (Å²) in [5, 5.41) is 18.1. The van der Waals surface area contributed by atoms with Gasteiger partial charge < -0.3 is 14.2 Å². The molecule has 0 aromatic heterocycles. The maximum absolute atomic E-state index is 11.3. The molecular formula is C24H21N3O5. The summed E-state index contributed by atoms with van der Waals surface area (Å²) in [5.41, 5.74) is 3.56. The largest absolute Gasteiger partial charge is 0.497 e. The third-order valence-electron chi connectivity index (χ3n) is 5.79. The predicted octanol–water partition coefficient (Wildman–Crippen LogP) is 4.85. The third kappa shape index (κ3) is 3.39. The molecule has 0 aliphatic carbocycles. The van der Waals surface area contributed by atoms with Crippen LogP contribution in [0.5, 0.6) is 17.2 Å². The molecule has 0 bridgehead atoms. The molecule has 3 aromatic rings. The molecule has 0 N–H and O–H groups in total. The summed E-state index contributed by atoms with van der Waals surface area (Å²) in [4.78, 5) is 10.9. The molecule has 32 heavy (non-hydrogen) atoms. The fourth-order valence-electron chi connectivity index (χ4n) is 4.16. The van der Waals surface area contributed by atoms with Gasteiger partial charge >= 0.3 is 0 Å². The topological polar surface area (TPSA) is 86.4 Å². The fourth-order valence-corrected chi connectivity index (χ4v) is 4.16. The molecule has 3 aromatic carbocycles.